The number of aryl methyl sites for hydroxylation is 1. The summed E-state index contributed by atoms with van der Waals surface area (Å²) in [6.45, 7) is 4.81. The first-order chi connectivity index (χ1) is 8.04. The Bertz CT molecular complexity index is 545. The summed E-state index contributed by atoms with van der Waals surface area (Å²) >= 11 is 0. The Hall–Kier alpha value is -1.68. The lowest BCUT2D eigenvalue weighted by atomic mass is 10.2. The number of rotatable bonds is 4. The van der Waals surface area contributed by atoms with Gasteiger partial charge in [0.2, 0.25) is 0 Å². The van der Waals surface area contributed by atoms with Gasteiger partial charge in [-0.2, -0.15) is 0 Å². The van der Waals surface area contributed by atoms with Gasteiger partial charge in [0.25, 0.3) is 0 Å². The first-order valence-corrected chi connectivity index (χ1v) is 5.68. The largest absolute Gasteiger partial charge is 0.342 e. The Labute approximate surface area is 101 Å². The molecule has 0 atom stereocenters. The summed E-state index contributed by atoms with van der Waals surface area (Å²) in [7, 11) is 1.95. The monoisotopic (exact) mass is 231 g/mol. The van der Waals surface area contributed by atoms with Gasteiger partial charge in [0, 0.05) is 6.54 Å². The van der Waals surface area contributed by atoms with Crippen LogP contribution in [0.15, 0.2) is 18.2 Å². The second-order valence-corrected chi connectivity index (χ2v) is 4.55. The minimum absolute atomic E-state index is 0.186. The number of H-pyrrole nitrogens is 1. The fraction of sp³-hybridized carbons (Fsp3) is 0.385. The Kier molecular flexibility index (Phi) is 3.24. The first kappa shape index (κ1) is 11.8. The van der Waals surface area contributed by atoms with E-state index in [0.717, 1.165) is 23.4 Å². The van der Waals surface area contributed by atoms with Crippen molar-refractivity contribution in [2.24, 2.45) is 0 Å². The molecular weight excluding hydrogens is 214 g/mol. The number of aromatic nitrogens is 2. The molecule has 0 bridgehead atoms. The average Bonchev–Trinajstić information content (AvgIpc) is 2.55. The number of aromatic amines is 1. The quantitative estimate of drug-likeness (QED) is 0.874. The van der Waals surface area contributed by atoms with Gasteiger partial charge in [-0.3, -0.25) is 9.69 Å². The molecule has 0 aliphatic carbocycles. The summed E-state index contributed by atoms with van der Waals surface area (Å²) in [6.07, 6.45) is 0. The lowest BCUT2D eigenvalue weighted by Gasteiger charge is -2.14. The predicted molar refractivity (Wildman–Crippen MR) is 67.8 cm³/mol. The fourth-order valence-corrected chi connectivity index (χ4v) is 2.03. The van der Waals surface area contributed by atoms with Crippen molar-refractivity contribution in [1.82, 2.24) is 14.9 Å². The number of hydrogen-bond acceptors (Lipinski definition) is 3. The maximum atomic E-state index is 11.0. The molecule has 0 aliphatic rings. The number of Topliss-reactive ketones (excluding diaryl/α,β-unsaturated/α-hetero) is 1. The number of ketones is 1. The predicted octanol–water partition coefficient (Wildman–Crippen LogP) is 1.89. The topological polar surface area (TPSA) is 49.0 Å². The van der Waals surface area contributed by atoms with Crippen LogP contribution < -0.4 is 0 Å². The minimum atomic E-state index is 0.186. The van der Waals surface area contributed by atoms with Crippen LogP contribution in [-0.4, -0.2) is 34.2 Å². The number of carbonyl (C=O) groups excluding carboxylic acids is 1. The normalized spacial score (nSPS) is 11.3. The van der Waals surface area contributed by atoms with E-state index in [2.05, 4.69) is 22.1 Å². The number of likely N-dealkylation sites (N-methyl/N-ethyl adjacent to an activating group) is 1. The van der Waals surface area contributed by atoms with Crippen LogP contribution in [0.3, 0.4) is 0 Å². The van der Waals surface area contributed by atoms with Crippen molar-refractivity contribution in [3.63, 3.8) is 0 Å². The highest BCUT2D eigenvalue weighted by molar-refractivity contribution is 5.77. The zero-order valence-electron chi connectivity index (χ0n) is 10.4. The van der Waals surface area contributed by atoms with E-state index in [4.69, 9.17) is 0 Å². The Morgan fingerprint density at radius 1 is 1.47 bits per heavy atom. The number of nitrogens with zero attached hydrogens (tertiary/aromatic N) is 2. The summed E-state index contributed by atoms with van der Waals surface area (Å²) in [5, 5.41) is 0. The van der Waals surface area contributed by atoms with Gasteiger partial charge in [0.15, 0.2) is 0 Å². The summed E-state index contributed by atoms with van der Waals surface area (Å²) in [5.41, 5.74) is 3.22. The molecule has 0 amide bonds. The maximum absolute atomic E-state index is 11.0. The average molecular weight is 231 g/mol. The second-order valence-electron chi connectivity index (χ2n) is 4.55. The molecule has 0 radical (unpaired) electrons. The van der Waals surface area contributed by atoms with E-state index < -0.39 is 0 Å². The van der Waals surface area contributed by atoms with Crippen molar-refractivity contribution in [3.8, 4) is 0 Å². The second kappa shape index (κ2) is 4.67. The Morgan fingerprint density at radius 3 is 2.94 bits per heavy atom. The molecule has 1 heterocycles. The number of carbonyl (C=O) groups is 1. The van der Waals surface area contributed by atoms with Crippen molar-refractivity contribution < 1.29 is 4.79 Å². The molecule has 0 aliphatic heterocycles. The van der Waals surface area contributed by atoms with Gasteiger partial charge < -0.3 is 4.98 Å². The van der Waals surface area contributed by atoms with Crippen LogP contribution in [0, 0.1) is 6.92 Å². The highest BCUT2D eigenvalue weighted by atomic mass is 16.1. The molecule has 0 spiro atoms. The number of nitrogens with one attached hydrogen (secondary N) is 1. The van der Waals surface area contributed by atoms with E-state index in [-0.39, 0.29) is 5.78 Å². The van der Waals surface area contributed by atoms with Crippen LogP contribution in [0.4, 0.5) is 0 Å². The van der Waals surface area contributed by atoms with Gasteiger partial charge in [-0.15, -0.1) is 0 Å². The van der Waals surface area contributed by atoms with Crippen LogP contribution in [0.5, 0.6) is 0 Å². The van der Waals surface area contributed by atoms with Crippen molar-refractivity contribution in [2.75, 3.05) is 13.6 Å². The van der Waals surface area contributed by atoms with Gasteiger partial charge in [-0.25, -0.2) is 4.98 Å². The molecule has 1 N–H and O–H groups in total. The highest BCUT2D eigenvalue weighted by Crippen LogP contribution is 2.14. The molecule has 1 aromatic heterocycles. The van der Waals surface area contributed by atoms with Gasteiger partial charge in [0.1, 0.15) is 11.6 Å². The maximum Gasteiger partial charge on any atom is 0.143 e. The van der Waals surface area contributed by atoms with E-state index in [0.29, 0.717) is 6.54 Å². The van der Waals surface area contributed by atoms with E-state index in [1.807, 2.05) is 24.9 Å². The number of benzene rings is 1. The van der Waals surface area contributed by atoms with Crippen LogP contribution in [0.25, 0.3) is 11.0 Å². The SMILES string of the molecule is CC(=O)CN(C)Cc1ccc2nc(C)[nH]c2c1. The molecule has 2 rings (SSSR count). The smallest absolute Gasteiger partial charge is 0.143 e. The third-order valence-corrected chi connectivity index (χ3v) is 2.61. The molecule has 0 fully saturated rings. The van der Waals surface area contributed by atoms with E-state index in [1.54, 1.807) is 6.92 Å². The van der Waals surface area contributed by atoms with Gasteiger partial charge in [-0.1, -0.05) is 6.07 Å². The summed E-state index contributed by atoms with van der Waals surface area (Å²) in [5.74, 6) is 1.11. The Morgan fingerprint density at radius 2 is 2.24 bits per heavy atom. The zero-order valence-corrected chi connectivity index (χ0v) is 10.4. The zero-order chi connectivity index (χ0) is 12.4. The third kappa shape index (κ3) is 2.91. The van der Waals surface area contributed by atoms with Crippen molar-refractivity contribution in [2.45, 2.75) is 20.4 Å². The van der Waals surface area contributed by atoms with Crippen LogP contribution in [-0.2, 0) is 11.3 Å². The number of fused-ring (bicyclic) bond motifs is 1. The minimum Gasteiger partial charge on any atom is -0.342 e. The molecule has 2 aromatic rings. The van der Waals surface area contributed by atoms with Crippen molar-refractivity contribution in [3.05, 3.63) is 29.6 Å². The van der Waals surface area contributed by atoms with Gasteiger partial charge in [-0.05, 0) is 38.6 Å². The van der Waals surface area contributed by atoms with Gasteiger partial charge in [0.05, 0.1) is 17.6 Å². The van der Waals surface area contributed by atoms with E-state index in [9.17, 15) is 4.79 Å². The summed E-state index contributed by atoms with van der Waals surface area (Å²) < 4.78 is 0. The van der Waals surface area contributed by atoms with E-state index in [1.165, 1.54) is 5.56 Å². The van der Waals surface area contributed by atoms with Crippen LogP contribution in [0.2, 0.25) is 0 Å². The fourth-order valence-electron chi connectivity index (χ4n) is 2.03. The third-order valence-electron chi connectivity index (χ3n) is 2.61. The molecular formula is C13H17N3O. The molecule has 4 heteroatoms. The summed E-state index contributed by atoms with van der Waals surface area (Å²) in [6, 6.07) is 6.15. The standard InChI is InChI=1S/C13H17N3O/c1-9(17)7-16(3)8-11-4-5-12-13(6-11)15-10(2)14-12/h4-6H,7-8H2,1-3H3,(H,14,15). The molecule has 0 saturated carbocycles. The first-order valence-electron chi connectivity index (χ1n) is 5.68. The molecule has 1 aromatic carbocycles. The van der Waals surface area contributed by atoms with Crippen LogP contribution in [0.1, 0.15) is 18.3 Å². The molecule has 4 nitrogen and oxygen atoms in total. The van der Waals surface area contributed by atoms with E-state index >= 15 is 0 Å². The van der Waals surface area contributed by atoms with Crippen LogP contribution >= 0.6 is 0 Å². The van der Waals surface area contributed by atoms with Crippen molar-refractivity contribution in [1.29, 1.82) is 0 Å². The van der Waals surface area contributed by atoms with Gasteiger partial charge >= 0.3 is 0 Å². The molecule has 17 heavy (non-hydrogen) atoms. The van der Waals surface area contributed by atoms with Crippen molar-refractivity contribution >= 4 is 16.8 Å². The summed E-state index contributed by atoms with van der Waals surface area (Å²) in [4.78, 5) is 20.6. The number of hydrogen-bond donors (Lipinski definition) is 1. The molecule has 0 saturated heterocycles. The lowest BCUT2D eigenvalue weighted by molar-refractivity contribution is -0.117. The molecule has 90 valence electrons. The lowest BCUT2D eigenvalue weighted by Crippen LogP contribution is -2.23. The highest BCUT2D eigenvalue weighted by Gasteiger charge is 2.05. The number of imidazole rings is 1. The Balaban J connectivity index is 2.16. The molecule has 0 unspecified atom stereocenters.